The van der Waals surface area contributed by atoms with Crippen LogP contribution < -0.4 is 4.74 Å². The van der Waals surface area contributed by atoms with Gasteiger partial charge in [-0.15, -0.1) is 13.2 Å². The Morgan fingerprint density at radius 3 is 2.41 bits per heavy atom. The molecule has 0 radical (unpaired) electrons. The van der Waals surface area contributed by atoms with E-state index in [-0.39, 0.29) is 10.6 Å². The van der Waals surface area contributed by atoms with E-state index in [1.54, 1.807) is 0 Å². The lowest BCUT2D eigenvalue weighted by Gasteiger charge is -2.12. The lowest BCUT2D eigenvalue weighted by molar-refractivity contribution is -0.274. The molecule has 0 N–H and O–H groups in total. The van der Waals surface area contributed by atoms with Gasteiger partial charge in [-0.05, 0) is 24.6 Å². The standard InChI is InChI=1S/C10H8ClF3O3/c1-5-3-7(11)8(17-10(12,13)14)4-6(5)9(15)16-2/h3-4H,1-2H3. The Bertz CT molecular complexity index is 443. The molecule has 0 fully saturated rings. The summed E-state index contributed by atoms with van der Waals surface area (Å²) in [6, 6.07) is 2.10. The number of carbonyl (C=O) groups is 1. The van der Waals surface area contributed by atoms with Crippen LogP contribution in [0, 0.1) is 6.92 Å². The van der Waals surface area contributed by atoms with E-state index in [2.05, 4.69) is 9.47 Å². The molecule has 0 spiro atoms. The molecule has 0 amide bonds. The predicted molar refractivity (Wildman–Crippen MR) is 54.2 cm³/mol. The van der Waals surface area contributed by atoms with Crippen LogP contribution in [0.1, 0.15) is 15.9 Å². The van der Waals surface area contributed by atoms with Crippen LogP contribution in [0.5, 0.6) is 5.75 Å². The fourth-order valence-electron chi connectivity index (χ4n) is 1.19. The molecule has 0 aliphatic rings. The molecule has 17 heavy (non-hydrogen) atoms. The van der Waals surface area contributed by atoms with Crippen molar-refractivity contribution in [2.75, 3.05) is 7.11 Å². The van der Waals surface area contributed by atoms with Gasteiger partial charge in [-0.25, -0.2) is 4.79 Å². The summed E-state index contributed by atoms with van der Waals surface area (Å²) in [7, 11) is 1.13. The maximum absolute atomic E-state index is 12.0. The van der Waals surface area contributed by atoms with Crippen molar-refractivity contribution in [3.63, 3.8) is 0 Å². The Labute approximate surface area is 100 Å². The molecule has 0 heterocycles. The third-order valence-electron chi connectivity index (χ3n) is 1.91. The maximum Gasteiger partial charge on any atom is 0.573 e. The molecular weight excluding hydrogens is 261 g/mol. The molecule has 1 aromatic rings. The summed E-state index contributed by atoms with van der Waals surface area (Å²) in [6.07, 6.45) is -4.87. The van der Waals surface area contributed by atoms with Gasteiger partial charge in [0.2, 0.25) is 0 Å². The number of hydrogen-bond donors (Lipinski definition) is 0. The first-order valence-corrected chi connectivity index (χ1v) is 4.76. The molecule has 0 saturated carbocycles. The first-order valence-electron chi connectivity index (χ1n) is 4.39. The SMILES string of the molecule is COC(=O)c1cc(OC(F)(F)F)c(Cl)cc1C. The highest BCUT2D eigenvalue weighted by atomic mass is 35.5. The van der Waals surface area contributed by atoms with Gasteiger partial charge in [0.15, 0.2) is 0 Å². The molecule has 1 aromatic carbocycles. The number of carbonyl (C=O) groups excluding carboxylic acids is 1. The number of hydrogen-bond acceptors (Lipinski definition) is 3. The number of benzene rings is 1. The quantitative estimate of drug-likeness (QED) is 0.772. The van der Waals surface area contributed by atoms with Crippen LogP contribution in [-0.4, -0.2) is 19.4 Å². The first-order chi connectivity index (χ1) is 7.74. The van der Waals surface area contributed by atoms with Gasteiger partial charge in [-0.1, -0.05) is 11.6 Å². The highest BCUT2D eigenvalue weighted by Crippen LogP contribution is 2.32. The van der Waals surface area contributed by atoms with Gasteiger partial charge < -0.3 is 9.47 Å². The summed E-state index contributed by atoms with van der Waals surface area (Å²) in [5.41, 5.74) is 0.368. The fraction of sp³-hybridized carbons (Fsp3) is 0.300. The first kappa shape index (κ1) is 13.6. The number of aryl methyl sites for hydroxylation is 1. The van der Waals surface area contributed by atoms with Crippen LogP contribution in [0.3, 0.4) is 0 Å². The molecular formula is C10H8ClF3O3. The van der Waals surface area contributed by atoms with E-state index in [1.165, 1.54) is 13.0 Å². The lowest BCUT2D eigenvalue weighted by atomic mass is 10.1. The Balaban J connectivity index is 3.19. The second kappa shape index (κ2) is 4.83. The molecule has 0 unspecified atom stereocenters. The van der Waals surface area contributed by atoms with Crippen LogP contribution in [0.2, 0.25) is 5.02 Å². The molecule has 3 nitrogen and oxygen atoms in total. The summed E-state index contributed by atoms with van der Waals surface area (Å²) >= 11 is 5.58. The van der Waals surface area contributed by atoms with Crippen molar-refractivity contribution >= 4 is 17.6 Å². The zero-order valence-electron chi connectivity index (χ0n) is 8.89. The molecule has 1 rings (SSSR count). The van der Waals surface area contributed by atoms with E-state index in [1.807, 2.05) is 0 Å². The zero-order chi connectivity index (χ0) is 13.2. The average molecular weight is 269 g/mol. The normalized spacial score (nSPS) is 11.2. The maximum atomic E-state index is 12.0. The molecule has 0 aliphatic heterocycles. The monoisotopic (exact) mass is 268 g/mol. The molecule has 0 aromatic heterocycles. The highest BCUT2D eigenvalue weighted by Gasteiger charge is 2.32. The van der Waals surface area contributed by atoms with Gasteiger partial charge in [0.1, 0.15) is 5.75 Å². The van der Waals surface area contributed by atoms with E-state index in [0.717, 1.165) is 13.2 Å². The number of alkyl halides is 3. The van der Waals surface area contributed by atoms with Gasteiger partial charge in [0.05, 0.1) is 17.7 Å². The van der Waals surface area contributed by atoms with Crippen molar-refractivity contribution in [2.45, 2.75) is 13.3 Å². The highest BCUT2D eigenvalue weighted by molar-refractivity contribution is 6.32. The minimum absolute atomic E-state index is 0.0313. The van der Waals surface area contributed by atoms with Crippen LogP contribution in [0.4, 0.5) is 13.2 Å². The third kappa shape index (κ3) is 3.52. The van der Waals surface area contributed by atoms with E-state index < -0.39 is 18.1 Å². The molecule has 0 aliphatic carbocycles. The van der Waals surface area contributed by atoms with Crippen LogP contribution in [0.25, 0.3) is 0 Å². The minimum Gasteiger partial charge on any atom is -0.465 e. The van der Waals surface area contributed by atoms with Crippen molar-refractivity contribution in [3.05, 3.63) is 28.3 Å². The van der Waals surface area contributed by atoms with Crippen molar-refractivity contribution < 1.29 is 27.4 Å². The van der Waals surface area contributed by atoms with Crippen LogP contribution >= 0.6 is 11.6 Å². The number of rotatable bonds is 2. The number of esters is 1. The Morgan fingerprint density at radius 1 is 1.35 bits per heavy atom. The van der Waals surface area contributed by atoms with Crippen LogP contribution in [0.15, 0.2) is 12.1 Å². The summed E-state index contributed by atoms with van der Waals surface area (Å²) in [4.78, 5) is 11.3. The summed E-state index contributed by atoms with van der Waals surface area (Å²) < 4.78 is 44.2. The van der Waals surface area contributed by atoms with Gasteiger partial charge in [0, 0.05) is 0 Å². The van der Waals surface area contributed by atoms with Crippen LogP contribution in [-0.2, 0) is 4.74 Å². The summed E-state index contributed by atoms with van der Waals surface area (Å²) in [5.74, 6) is -1.39. The van der Waals surface area contributed by atoms with E-state index in [4.69, 9.17) is 11.6 Å². The van der Waals surface area contributed by atoms with Gasteiger partial charge in [-0.2, -0.15) is 0 Å². The summed E-state index contributed by atoms with van der Waals surface area (Å²) in [5, 5.41) is -0.229. The number of methoxy groups -OCH3 is 1. The fourth-order valence-corrected chi connectivity index (χ4v) is 1.44. The second-order valence-electron chi connectivity index (χ2n) is 3.14. The Hall–Kier alpha value is -1.43. The van der Waals surface area contributed by atoms with Gasteiger partial charge >= 0.3 is 12.3 Å². The van der Waals surface area contributed by atoms with E-state index in [0.29, 0.717) is 5.56 Å². The van der Waals surface area contributed by atoms with Crippen molar-refractivity contribution in [3.8, 4) is 5.75 Å². The average Bonchev–Trinajstić information content (AvgIpc) is 2.19. The Morgan fingerprint density at radius 2 is 1.94 bits per heavy atom. The largest absolute Gasteiger partial charge is 0.573 e. The van der Waals surface area contributed by atoms with E-state index in [9.17, 15) is 18.0 Å². The van der Waals surface area contributed by atoms with Crippen molar-refractivity contribution in [2.24, 2.45) is 0 Å². The molecule has 0 atom stereocenters. The summed E-state index contributed by atoms with van der Waals surface area (Å²) in [6.45, 7) is 1.52. The van der Waals surface area contributed by atoms with Gasteiger partial charge in [0.25, 0.3) is 0 Å². The Kier molecular flexibility index (Phi) is 3.87. The molecule has 7 heteroatoms. The number of ether oxygens (including phenoxy) is 2. The number of halogens is 4. The van der Waals surface area contributed by atoms with Gasteiger partial charge in [-0.3, -0.25) is 0 Å². The predicted octanol–water partition coefficient (Wildman–Crippen LogP) is 3.33. The van der Waals surface area contributed by atoms with E-state index >= 15 is 0 Å². The topological polar surface area (TPSA) is 35.5 Å². The molecule has 0 saturated heterocycles. The smallest absolute Gasteiger partial charge is 0.465 e. The zero-order valence-corrected chi connectivity index (χ0v) is 9.65. The second-order valence-corrected chi connectivity index (χ2v) is 3.54. The third-order valence-corrected chi connectivity index (χ3v) is 2.21. The van der Waals surface area contributed by atoms with Crippen molar-refractivity contribution in [1.29, 1.82) is 0 Å². The minimum atomic E-state index is -4.87. The lowest BCUT2D eigenvalue weighted by Crippen LogP contribution is -2.18. The molecule has 0 bridgehead atoms. The van der Waals surface area contributed by atoms with Crippen molar-refractivity contribution in [1.82, 2.24) is 0 Å². The molecule has 94 valence electrons.